The Morgan fingerprint density at radius 2 is 2.05 bits per heavy atom. The van der Waals surface area contributed by atoms with Crippen LogP contribution in [0, 0.1) is 11.3 Å². The Bertz CT molecular complexity index is 745. The average molecular weight is 278 g/mol. The second-order valence-electron chi connectivity index (χ2n) is 4.92. The van der Waals surface area contributed by atoms with E-state index < -0.39 is 0 Å². The Kier molecular flexibility index (Phi) is 3.57. The van der Waals surface area contributed by atoms with E-state index in [1.54, 1.807) is 6.07 Å². The Balaban J connectivity index is 1.77. The first-order valence-corrected chi connectivity index (χ1v) is 6.77. The summed E-state index contributed by atoms with van der Waals surface area (Å²) in [7, 11) is 0. The van der Waals surface area contributed by atoms with Crippen LogP contribution in [0.1, 0.15) is 28.7 Å². The zero-order chi connectivity index (χ0) is 14.7. The molecule has 0 aromatic heterocycles. The number of aryl methyl sites for hydroxylation is 1. The maximum atomic E-state index is 9.06. The number of ether oxygens (including phenoxy) is 1. The van der Waals surface area contributed by atoms with Gasteiger partial charge in [0.25, 0.3) is 0 Å². The minimum Gasteiger partial charge on any atom is -0.489 e. The van der Waals surface area contributed by atoms with E-state index in [9.17, 15) is 0 Å². The van der Waals surface area contributed by atoms with Crippen molar-refractivity contribution in [2.24, 2.45) is 5.16 Å². The predicted octanol–water partition coefficient (Wildman–Crippen LogP) is 3.26. The molecule has 0 aliphatic heterocycles. The van der Waals surface area contributed by atoms with Crippen LogP contribution in [0.3, 0.4) is 0 Å². The number of rotatable bonds is 3. The van der Waals surface area contributed by atoms with Gasteiger partial charge in [-0.05, 0) is 42.7 Å². The lowest BCUT2D eigenvalue weighted by Gasteiger charge is -2.09. The summed E-state index contributed by atoms with van der Waals surface area (Å²) in [5, 5.41) is 21.3. The molecular formula is C17H14N2O2. The Morgan fingerprint density at radius 3 is 2.86 bits per heavy atom. The average Bonchev–Trinajstić information content (AvgIpc) is 2.95. The molecule has 0 unspecified atom stereocenters. The van der Waals surface area contributed by atoms with Gasteiger partial charge in [-0.2, -0.15) is 5.26 Å². The molecule has 0 saturated heterocycles. The molecule has 0 radical (unpaired) electrons. The molecule has 0 heterocycles. The first-order chi connectivity index (χ1) is 10.3. The molecule has 0 atom stereocenters. The van der Waals surface area contributed by atoms with Gasteiger partial charge in [-0.25, -0.2) is 0 Å². The van der Waals surface area contributed by atoms with Gasteiger partial charge < -0.3 is 9.94 Å². The topological polar surface area (TPSA) is 65.6 Å². The second-order valence-corrected chi connectivity index (χ2v) is 4.92. The lowest BCUT2D eigenvalue weighted by Crippen LogP contribution is -1.99. The molecule has 2 aromatic rings. The first kappa shape index (κ1) is 13.2. The molecule has 0 amide bonds. The lowest BCUT2D eigenvalue weighted by molar-refractivity contribution is 0.305. The zero-order valence-electron chi connectivity index (χ0n) is 11.4. The molecule has 1 N–H and O–H groups in total. The summed E-state index contributed by atoms with van der Waals surface area (Å²) < 4.78 is 5.78. The van der Waals surface area contributed by atoms with Crippen molar-refractivity contribution in [3.8, 4) is 11.8 Å². The van der Waals surface area contributed by atoms with Crippen LogP contribution in [0.5, 0.6) is 5.75 Å². The van der Waals surface area contributed by atoms with Gasteiger partial charge in [-0.15, -0.1) is 0 Å². The fraction of sp³-hybridized carbons (Fsp3) is 0.176. The molecule has 1 aliphatic carbocycles. The third-order valence-electron chi connectivity index (χ3n) is 3.67. The van der Waals surface area contributed by atoms with Gasteiger partial charge in [0.2, 0.25) is 0 Å². The van der Waals surface area contributed by atoms with Gasteiger partial charge in [0.1, 0.15) is 12.4 Å². The highest BCUT2D eigenvalue weighted by molar-refractivity contribution is 6.04. The molecule has 0 saturated carbocycles. The molecule has 1 aliphatic rings. The molecular weight excluding hydrogens is 264 g/mol. The van der Waals surface area contributed by atoms with Crippen LogP contribution < -0.4 is 4.74 Å². The van der Waals surface area contributed by atoms with E-state index >= 15 is 0 Å². The summed E-state index contributed by atoms with van der Waals surface area (Å²) in [6.45, 7) is 0.365. The van der Waals surface area contributed by atoms with E-state index in [1.165, 1.54) is 0 Å². The highest BCUT2D eigenvalue weighted by atomic mass is 16.5. The summed E-state index contributed by atoms with van der Waals surface area (Å²) in [5.74, 6) is 0.765. The number of hydrogen-bond acceptors (Lipinski definition) is 4. The maximum Gasteiger partial charge on any atom is 0.120 e. The number of fused-ring (bicyclic) bond motifs is 1. The van der Waals surface area contributed by atoms with Crippen molar-refractivity contribution >= 4 is 5.71 Å². The van der Waals surface area contributed by atoms with Gasteiger partial charge in [-0.3, -0.25) is 0 Å². The van der Waals surface area contributed by atoms with E-state index in [0.29, 0.717) is 12.2 Å². The van der Waals surface area contributed by atoms with Crippen molar-refractivity contribution in [1.82, 2.24) is 0 Å². The monoisotopic (exact) mass is 278 g/mol. The second kappa shape index (κ2) is 5.68. The summed E-state index contributed by atoms with van der Waals surface area (Å²) >= 11 is 0. The van der Waals surface area contributed by atoms with E-state index in [-0.39, 0.29) is 0 Å². The normalized spacial score (nSPS) is 14.7. The van der Waals surface area contributed by atoms with Crippen LogP contribution in [0.25, 0.3) is 0 Å². The van der Waals surface area contributed by atoms with Crippen LogP contribution in [0.4, 0.5) is 0 Å². The third kappa shape index (κ3) is 2.59. The number of benzene rings is 2. The largest absolute Gasteiger partial charge is 0.489 e. The highest BCUT2D eigenvalue weighted by Crippen LogP contribution is 2.27. The van der Waals surface area contributed by atoms with Crippen LogP contribution in [-0.2, 0) is 13.0 Å². The summed E-state index contributed by atoms with van der Waals surface area (Å²) in [6.07, 6.45) is 1.62. The van der Waals surface area contributed by atoms with Gasteiger partial charge in [0.05, 0.1) is 17.3 Å². The van der Waals surface area contributed by atoms with E-state index in [1.807, 2.05) is 36.4 Å². The third-order valence-corrected chi connectivity index (χ3v) is 3.67. The summed E-state index contributed by atoms with van der Waals surface area (Å²) in [6, 6.07) is 15.3. The van der Waals surface area contributed by atoms with Crippen molar-refractivity contribution in [3.63, 3.8) is 0 Å². The van der Waals surface area contributed by atoms with Crippen molar-refractivity contribution in [1.29, 1.82) is 5.26 Å². The lowest BCUT2D eigenvalue weighted by atomic mass is 10.1. The van der Waals surface area contributed by atoms with Gasteiger partial charge >= 0.3 is 0 Å². The molecule has 21 heavy (non-hydrogen) atoms. The van der Waals surface area contributed by atoms with Crippen molar-refractivity contribution in [2.45, 2.75) is 19.4 Å². The fourth-order valence-electron chi connectivity index (χ4n) is 2.56. The van der Waals surface area contributed by atoms with Crippen LogP contribution in [0.15, 0.2) is 47.6 Å². The molecule has 104 valence electrons. The summed E-state index contributed by atoms with van der Waals surface area (Å²) in [4.78, 5) is 0. The van der Waals surface area contributed by atoms with E-state index in [4.69, 9.17) is 15.2 Å². The van der Waals surface area contributed by atoms with Gasteiger partial charge in [0.15, 0.2) is 0 Å². The highest BCUT2D eigenvalue weighted by Gasteiger charge is 2.18. The van der Waals surface area contributed by atoms with Gasteiger partial charge in [0, 0.05) is 11.1 Å². The van der Waals surface area contributed by atoms with Crippen LogP contribution in [-0.4, -0.2) is 10.9 Å². The molecule has 0 spiro atoms. The standard InChI is InChI=1S/C17H14N2O2/c18-10-13-3-1-2-4-14(13)11-21-15-6-7-16-12(9-15)5-8-17(16)19-20/h1-4,6-7,9,20H,5,8,11H2/b19-17-. The van der Waals surface area contributed by atoms with Crippen LogP contribution in [0.2, 0.25) is 0 Å². The van der Waals surface area contributed by atoms with E-state index in [0.717, 1.165) is 41.0 Å². The molecule has 2 aromatic carbocycles. The van der Waals surface area contributed by atoms with E-state index in [2.05, 4.69) is 11.2 Å². The predicted molar refractivity (Wildman–Crippen MR) is 78.6 cm³/mol. The van der Waals surface area contributed by atoms with Crippen molar-refractivity contribution < 1.29 is 9.94 Å². The maximum absolute atomic E-state index is 9.06. The molecule has 3 rings (SSSR count). The number of nitrogens with zero attached hydrogens (tertiary/aromatic N) is 2. The van der Waals surface area contributed by atoms with Crippen LogP contribution >= 0.6 is 0 Å². The molecule has 0 bridgehead atoms. The zero-order valence-corrected chi connectivity index (χ0v) is 11.4. The Hall–Kier alpha value is -2.80. The van der Waals surface area contributed by atoms with Crippen molar-refractivity contribution in [2.75, 3.05) is 0 Å². The smallest absolute Gasteiger partial charge is 0.120 e. The fourth-order valence-corrected chi connectivity index (χ4v) is 2.56. The van der Waals surface area contributed by atoms with Crippen molar-refractivity contribution in [3.05, 3.63) is 64.7 Å². The number of oxime groups is 1. The Morgan fingerprint density at radius 1 is 1.19 bits per heavy atom. The summed E-state index contributed by atoms with van der Waals surface area (Å²) in [5.41, 5.74) is 4.36. The minimum absolute atomic E-state index is 0.365. The number of hydrogen-bond donors (Lipinski definition) is 1. The first-order valence-electron chi connectivity index (χ1n) is 6.77. The quantitative estimate of drug-likeness (QED) is 0.692. The molecule has 4 nitrogen and oxygen atoms in total. The SMILES string of the molecule is N#Cc1ccccc1COc1ccc2c(c1)CC/C2=N/O. The van der Waals surface area contributed by atoms with Gasteiger partial charge in [-0.1, -0.05) is 23.4 Å². The number of nitriles is 1. The Labute approximate surface area is 122 Å². The molecule has 0 fully saturated rings. The minimum atomic E-state index is 0.365. The molecule has 4 heteroatoms.